The molecule has 4 saturated carbocycles. The van der Waals surface area contributed by atoms with Crippen LogP contribution in [-0.4, -0.2) is 127 Å². The van der Waals surface area contributed by atoms with Gasteiger partial charge in [0.1, 0.15) is 24.3 Å². The fourth-order valence-electron chi connectivity index (χ4n) is 13.5. The Labute approximate surface area is 723 Å². The van der Waals surface area contributed by atoms with Crippen molar-refractivity contribution >= 4 is 190 Å². The lowest BCUT2D eigenvalue weighted by atomic mass is 9.79. The van der Waals surface area contributed by atoms with Crippen molar-refractivity contribution in [1.29, 1.82) is 0 Å². The number of nitrogens with two attached hydrogens (primary N) is 1. The molecular formula is C82H91BBr3Cl3N14O10S4. The average Bonchev–Trinajstić information content (AvgIpc) is 1.73. The fraction of sp³-hybridized carbons (Fsp3) is 0.341. The van der Waals surface area contributed by atoms with Crippen LogP contribution < -0.4 is 35.2 Å². The van der Waals surface area contributed by atoms with Crippen LogP contribution in [0.2, 0.25) is 10.0 Å². The molecule has 0 unspecified atom stereocenters. The third-order valence-corrected chi connectivity index (χ3v) is 30.3. The van der Waals surface area contributed by atoms with Gasteiger partial charge in [0, 0.05) is 92.5 Å². The maximum Gasteiger partial charge on any atom is 0.494 e. The van der Waals surface area contributed by atoms with E-state index >= 15 is 0 Å². The van der Waals surface area contributed by atoms with Crippen LogP contribution in [0.15, 0.2) is 228 Å². The van der Waals surface area contributed by atoms with Crippen molar-refractivity contribution in [2.75, 3.05) is 23.9 Å². The summed E-state index contributed by atoms with van der Waals surface area (Å²) in [5.41, 5.74) is 10.6. The highest BCUT2D eigenvalue weighted by molar-refractivity contribution is 9.11. The maximum absolute atomic E-state index is 12.8. The van der Waals surface area contributed by atoms with Crippen molar-refractivity contribution in [3.05, 3.63) is 218 Å². The molecule has 4 aliphatic carbocycles. The van der Waals surface area contributed by atoms with E-state index in [0.29, 0.717) is 26.5 Å². The van der Waals surface area contributed by atoms with Gasteiger partial charge >= 0.3 is 7.12 Å². The second-order valence-electron chi connectivity index (χ2n) is 31.9. The Hall–Kier alpha value is -7.09. The number of benzene rings is 8. The van der Waals surface area contributed by atoms with Gasteiger partial charge in [-0.2, -0.15) is 9.97 Å². The summed E-state index contributed by atoms with van der Waals surface area (Å²) >= 11 is 22.4. The van der Waals surface area contributed by atoms with Crippen molar-refractivity contribution in [2.45, 2.75) is 185 Å². The van der Waals surface area contributed by atoms with Crippen molar-refractivity contribution < 1.29 is 43.0 Å². The van der Waals surface area contributed by atoms with E-state index in [2.05, 4.69) is 100 Å². The number of halogens is 6. The standard InChI is InChI=1S/C27H25ClN6O2S.C17H26BNO4S.C16H11BrClN5.C11H14BrNO2S.C6H4BrClO2S.C5H11N/c1-27(13-4-14-27)32-37(35,36)22-10-7-18(8-11-22)19-5-3-6-21(15-19)33(2)25-23-12-9-20(28)16-24(23)34-17-29-31-26(34)30-25;1-15(2)16(3,4)23-18(22-15)13-7-9-14(10-8-13)24(20,21)19-17(5)11-6-12-17;1-22(12-4-2-3-10(17)7-12)15-13-6-5-11(18)8-14(13)23-9-19-21-16(23)20-15;1-11(7-2-8-11)13-16(14,15)10-5-3-9(12)4-6-10;7-5-1-3-6(4-2-5)11(8,9)10;1-5(6)3-2-4-5/h3,5-12,15-17,32H,4,13-14H2,1-2H3;7-10,19H,6,11-12H2,1-5H3;2-9H,1H3;3-6,13H,2,7-8H2,1H3;1-4H;2-4,6H2,1H3. The van der Waals surface area contributed by atoms with Crippen LogP contribution in [0.1, 0.15) is 132 Å². The van der Waals surface area contributed by atoms with E-state index in [0.717, 1.165) is 133 Å². The molecule has 0 bridgehead atoms. The molecule has 12 aromatic rings. The van der Waals surface area contributed by atoms with E-state index in [4.69, 9.17) is 53.9 Å². The fourth-order valence-corrected chi connectivity index (χ4v) is 19.9. The van der Waals surface area contributed by atoms with Crippen molar-refractivity contribution in [1.82, 2.24) is 53.3 Å². The van der Waals surface area contributed by atoms with E-state index in [-0.39, 0.29) is 36.8 Å². The summed E-state index contributed by atoms with van der Waals surface area (Å²) in [6.07, 6.45) is 15.6. The first-order valence-electron chi connectivity index (χ1n) is 37.8. The number of rotatable bonds is 16. The molecule has 1 aliphatic heterocycles. The molecule has 117 heavy (non-hydrogen) atoms. The van der Waals surface area contributed by atoms with E-state index in [9.17, 15) is 33.7 Å². The molecule has 4 aromatic heterocycles. The molecule has 5 aliphatic rings. The van der Waals surface area contributed by atoms with Gasteiger partial charge in [-0.3, -0.25) is 8.80 Å². The van der Waals surface area contributed by atoms with Crippen molar-refractivity contribution in [3.63, 3.8) is 0 Å². The van der Waals surface area contributed by atoms with Crippen LogP contribution in [0.5, 0.6) is 0 Å². The van der Waals surface area contributed by atoms with Crippen LogP contribution in [0.25, 0.3) is 44.5 Å². The predicted octanol–water partition coefficient (Wildman–Crippen LogP) is 18.2. The number of sulfonamides is 3. The van der Waals surface area contributed by atoms with E-state index in [1.807, 2.05) is 172 Å². The molecule has 0 atom stereocenters. The van der Waals surface area contributed by atoms with E-state index in [1.165, 1.54) is 31.4 Å². The quantitative estimate of drug-likeness (QED) is 0.0516. The second-order valence-corrected chi connectivity index (χ2v) is 43.2. The maximum atomic E-state index is 12.8. The zero-order valence-corrected chi connectivity index (χ0v) is 76.4. The lowest BCUT2D eigenvalue weighted by Gasteiger charge is -2.38. The Morgan fingerprint density at radius 2 is 0.803 bits per heavy atom. The van der Waals surface area contributed by atoms with E-state index < -0.39 is 57.4 Å². The lowest BCUT2D eigenvalue weighted by molar-refractivity contribution is 0.00578. The molecule has 5 fully saturated rings. The average molecular weight is 1920 g/mol. The molecule has 5 N–H and O–H groups in total. The summed E-state index contributed by atoms with van der Waals surface area (Å²) in [6, 6.07) is 54.0. The molecule has 1 saturated heterocycles. The minimum absolute atomic E-state index is 0.113. The molecule has 35 heteroatoms. The third-order valence-electron chi connectivity index (χ3n) is 21.9. The van der Waals surface area contributed by atoms with Crippen LogP contribution >= 0.6 is 81.7 Å². The first kappa shape index (κ1) is 89.2. The molecule has 17 rings (SSSR count). The highest BCUT2D eigenvalue weighted by atomic mass is 79.9. The van der Waals surface area contributed by atoms with Gasteiger partial charge in [-0.25, -0.2) is 47.8 Å². The van der Waals surface area contributed by atoms with Gasteiger partial charge < -0.3 is 24.8 Å². The number of fused-ring (bicyclic) bond motifs is 6. The number of nitrogens with one attached hydrogen (secondary N) is 3. The highest BCUT2D eigenvalue weighted by Crippen LogP contribution is 2.41. The summed E-state index contributed by atoms with van der Waals surface area (Å²) in [7, 11) is -5.48. The monoisotopic (exact) mass is 1910 g/mol. The Kier molecular flexibility index (Phi) is 27.1. The molecule has 0 spiro atoms. The molecule has 24 nitrogen and oxygen atoms in total. The number of anilines is 4. The van der Waals surface area contributed by atoms with Gasteiger partial charge in [0.05, 0.1) is 41.8 Å². The van der Waals surface area contributed by atoms with E-state index in [1.54, 1.807) is 85.5 Å². The Bertz CT molecular complexity index is 6070. The van der Waals surface area contributed by atoms with Gasteiger partial charge in [0.15, 0.2) is 0 Å². The molecule has 8 aromatic carbocycles. The summed E-state index contributed by atoms with van der Waals surface area (Å²) in [5, 5.41) is 19.3. The number of aromatic nitrogens is 8. The second kappa shape index (κ2) is 35.5. The number of nitrogens with zero attached hydrogens (tertiary/aromatic N) is 10. The first-order valence-corrected chi connectivity index (χ1v) is 47.7. The molecular weight excluding hydrogens is 1830 g/mol. The summed E-state index contributed by atoms with van der Waals surface area (Å²) in [6.45, 7) is 15.9. The zero-order chi connectivity index (χ0) is 84.5. The highest BCUT2D eigenvalue weighted by Gasteiger charge is 2.52. The predicted molar refractivity (Wildman–Crippen MR) is 476 cm³/mol. The molecule has 0 amide bonds. The van der Waals surface area contributed by atoms with Crippen LogP contribution in [0.4, 0.5) is 23.0 Å². The summed E-state index contributed by atoms with van der Waals surface area (Å²) in [4.78, 5) is 14.4. The van der Waals surface area contributed by atoms with Gasteiger partial charge in [-0.15, -0.1) is 20.4 Å². The smallest absolute Gasteiger partial charge is 0.399 e. The van der Waals surface area contributed by atoms with Gasteiger partial charge in [0.2, 0.25) is 30.1 Å². The first-order chi connectivity index (χ1) is 54.9. The zero-order valence-electron chi connectivity index (χ0n) is 66.1. The number of hydrogen-bond donors (Lipinski definition) is 4. The molecule has 0 radical (unpaired) electrons. The normalized spacial score (nSPS) is 17.2. The van der Waals surface area contributed by atoms with Crippen LogP contribution in [0.3, 0.4) is 0 Å². The minimum Gasteiger partial charge on any atom is -0.399 e. The van der Waals surface area contributed by atoms with Crippen LogP contribution in [-0.2, 0) is 48.4 Å². The van der Waals surface area contributed by atoms with Crippen LogP contribution in [0, 0.1) is 0 Å². The summed E-state index contributed by atoms with van der Waals surface area (Å²) < 4.78 is 123. The number of hydrogen-bond acceptors (Lipinski definition) is 19. The molecule has 618 valence electrons. The molecule has 5 heterocycles. The lowest BCUT2D eigenvalue weighted by Crippen LogP contribution is -2.50. The Morgan fingerprint density at radius 1 is 0.444 bits per heavy atom. The van der Waals surface area contributed by atoms with Gasteiger partial charge in [-0.05, 0) is 289 Å². The SMILES string of the molecule is CC1(N)CCC1.CC1(NS(=O)(=O)c2ccc(B3OC(C)(C)C(C)(C)O3)cc2)CCC1.CC1(NS(=O)(=O)c2ccc(Br)cc2)CCC1.CN(c1cccc(-c2ccc(S(=O)(=O)NC3(C)CCC3)cc2)c1)c1nc2nncn2c2cc(Cl)ccc12.CN(c1cccc(Br)c1)c1nc2nncn2c2cc(Cl)ccc12.O=S(=O)(Cl)c1ccc(Br)cc1. The minimum atomic E-state index is -3.57. The largest absolute Gasteiger partial charge is 0.494 e. The third kappa shape index (κ3) is 21.6. The van der Waals surface area contributed by atoms with Crippen molar-refractivity contribution in [3.8, 4) is 11.1 Å². The summed E-state index contributed by atoms with van der Waals surface area (Å²) in [5.74, 6) is 2.54. The van der Waals surface area contributed by atoms with Crippen molar-refractivity contribution in [2.24, 2.45) is 5.73 Å². The topological polar surface area (TPSA) is 310 Å². The Morgan fingerprint density at radius 3 is 1.16 bits per heavy atom. The van der Waals surface area contributed by atoms with Gasteiger partial charge in [-0.1, -0.05) is 113 Å². The van der Waals surface area contributed by atoms with Gasteiger partial charge in [0.25, 0.3) is 20.6 Å². The Balaban J connectivity index is 0.000000139.